The van der Waals surface area contributed by atoms with Crippen molar-refractivity contribution in [1.82, 2.24) is 29.6 Å². The highest BCUT2D eigenvalue weighted by atomic mass is 35.5. The Morgan fingerprint density at radius 1 is 1.08 bits per heavy atom. The first-order chi connectivity index (χ1) is 17.8. The molecule has 1 aliphatic rings. The van der Waals surface area contributed by atoms with Gasteiger partial charge in [-0.1, -0.05) is 22.9 Å². The summed E-state index contributed by atoms with van der Waals surface area (Å²) < 4.78 is 12.0. The highest BCUT2D eigenvalue weighted by molar-refractivity contribution is 7.16. The van der Waals surface area contributed by atoms with Crippen LogP contribution in [0.15, 0.2) is 30.6 Å². The van der Waals surface area contributed by atoms with Crippen molar-refractivity contribution in [2.24, 2.45) is 7.05 Å². The third kappa shape index (κ3) is 4.72. The van der Waals surface area contributed by atoms with Gasteiger partial charge in [0.05, 0.1) is 49.6 Å². The normalized spacial score (nSPS) is 12.4. The Kier molecular flexibility index (Phi) is 6.52. The number of carbonyl (C=O) groups excluding carboxylic acids is 2. The van der Waals surface area contributed by atoms with Gasteiger partial charge in [-0.3, -0.25) is 24.6 Å². The third-order valence-electron chi connectivity index (χ3n) is 5.88. The highest BCUT2D eigenvalue weighted by Crippen LogP contribution is 2.35. The molecule has 5 heterocycles. The fourth-order valence-corrected chi connectivity index (χ4v) is 5.20. The number of fused-ring (bicyclic) bond motifs is 1. The van der Waals surface area contributed by atoms with Gasteiger partial charge in [-0.2, -0.15) is 0 Å². The van der Waals surface area contributed by atoms with Crippen LogP contribution in [0.25, 0.3) is 11.1 Å². The average Bonchev–Trinajstić information content (AvgIpc) is 3.56. The molecule has 1 aliphatic heterocycles. The maximum absolute atomic E-state index is 13.3. The number of nitrogens with zero attached hydrogens (tertiary/aromatic N) is 6. The molecule has 0 bridgehead atoms. The molecule has 0 unspecified atom stereocenters. The quantitative estimate of drug-likeness (QED) is 0.368. The van der Waals surface area contributed by atoms with Crippen LogP contribution < -0.4 is 14.8 Å². The second-order valence-electron chi connectivity index (χ2n) is 8.28. The summed E-state index contributed by atoms with van der Waals surface area (Å²) >= 11 is 7.46. The van der Waals surface area contributed by atoms with Gasteiger partial charge in [0.1, 0.15) is 16.6 Å². The first-order valence-electron chi connectivity index (χ1n) is 11.1. The number of thiazole rings is 1. The zero-order chi connectivity index (χ0) is 26.3. The Bertz CT molecular complexity index is 1510. The lowest BCUT2D eigenvalue weighted by Gasteiger charge is -2.15. The molecule has 0 radical (unpaired) electrons. The molecular weight excluding hydrogens is 518 g/mol. The van der Waals surface area contributed by atoms with Crippen LogP contribution in [0.5, 0.6) is 11.6 Å². The number of methoxy groups -OCH3 is 2. The smallest absolute Gasteiger partial charge is 0.272 e. The van der Waals surface area contributed by atoms with Gasteiger partial charge < -0.3 is 14.4 Å². The molecule has 0 aliphatic carbocycles. The zero-order valence-electron chi connectivity index (χ0n) is 20.4. The minimum Gasteiger partial charge on any atom is -0.494 e. The molecule has 0 atom stereocenters. The van der Waals surface area contributed by atoms with E-state index in [0.717, 1.165) is 16.3 Å². The molecule has 11 nitrogen and oxygen atoms in total. The minimum atomic E-state index is -0.375. The molecule has 0 spiro atoms. The fourth-order valence-electron chi connectivity index (χ4n) is 4.06. The van der Waals surface area contributed by atoms with Gasteiger partial charge in [0.15, 0.2) is 5.13 Å². The largest absolute Gasteiger partial charge is 0.494 e. The summed E-state index contributed by atoms with van der Waals surface area (Å²) in [6.07, 6.45) is 3.02. The Morgan fingerprint density at radius 3 is 2.59 bits per heavy atom. The molecule has 4 aromatic heterocycles. The molecule has 0 fully saturated rings. The topological polar surface area (TPSA) is 124 Å². The third-order valence-corrected chi connectivity index (χ3v) is 7.08. The van der Waals surface area contributed by atoms with Crippen LogP contribution in [0.3, 0.4) is 0 Å². The van der Waals surface area contributed by atoms with Crippen molar-refractivity contribution < 1.29 is 19.1 Å². The number of amides is 2. The first kappa shape index (κ1) is 24.7. The van der Waals surface area contributed by atoms with Gasteiger partial charge in [-0.25, -0.2) is 9.97 Å². The van der Waals surface area contributed by atoms with Crippen molar-refractivity contribution in [2.45, 2.75) is 20.0 Å². The molecular formula is C24H22ClN7O4S. The Balaban J connectivity index is 1.35. The van der Waals surface area contributed by atoms with Crippen LogP contribution in [0.2, 0.25) is 5.15 Å². The lowest BCUT2D eigenvalue weighted by molar-refractivity contribution is 0.0739. The van der Waals surface area contributed by atoms with Crippen LogP contribution in [0.1, 0.15) is 37.1 Å². The van der Waals surface area contributed by atoms with Crippen molar-refractivity contribution in [2.75, 3.05) is 19.5 Å². The van der Waals surface area contributed by atoms with Crippen molar-refractivity contribution in [3.05, 3.63) is 63.3 Å². The number of hydrogen-bond acceptors (Lipinski definition) is 9. The SMILES string of the molecule is COc1cc(C(=O)N2Cc3nc(NC(=O)c4cnc(C)cc4-c4cc(Cl)ncc4OC)sc3C2)n(C)n1. The molecule has 0 aromatic carbocycles. The number of halogens is 1. The molecule has 0 saturated heterocycles. The number of carbonyl (C=O) groups is 2. The van der Waals surface area contributed by atoms with Gasteiger partial charge in [-0.15, -0.1) is 5.10 Å². The number of anilines is 1. The van der Waals surface area contributed by atoms with Crippen LogP contribution in [-0.4, -0.2) is 55.7 Å². The standard InChI is InChI=1S/C24H22ClN7O4S/c1-12-5-13(14-6-20(25)27-9-18(14)35-3)15(8-26-12)22(33)29-24-28-16-10-32(11-19(16)37-24)23(34)17-7-21(36-4)30-31(17)2/h5-9H,10-11H2,1-4H3,(H,28,29,33). The van der Waals surface area contributed by atoms with Crippen LogP contribution in [0, 0.1) is 6.92 Å². The van der Waals surface area contributed by atoms with Crippen molar-refractivity contribution in [1.29, 1.82) is 0 Å². The summed E-state index contributed by atoms with van der Waals surface area (Å²) in [4.78, 5) is 41.8. The van der Waals surface area contributed by atoms with E-state index >= 15 is 0 Å². The molecule has 0 saturated carbocycles. The Labute approximate surface area is 221 Å². The van der Waals surface area contributed by atoms with E-state index in [-0.39, 0.29) is 17.0 Å². The summed E-state index contributed by atoms with van der Waals surface area (Å²) in [5.74, 6) is 0.307. The summed E-state index contributed by atoms with van der Waals surface area (Å²) in [6.45, 7) is 2.55. The molecule has 5 rings (SSSR count). The summed E-state index contributed by atoms with van der Waals surface area (Å²) in [5.41, 5.74) is 3.47. The molecule has 190 valence electrons. The predicted octanol–water partition coefficient (Wildman–Crippen LogP) is 3.72. The van der Waals surface area contributed by atoms with E-state index in [1.807, 2.05) is 6.92 Å². The maximum Gasteiger partial charge on any atom is 0.272 e. The number of pyridine rings is 2. The summed E-state index contributed by atoms with van der Waals surface area (Å²) in [6, 6.07) is 5.04. The lowest BCUT2D eigenvalue weighted by Crippen LogP contribution is -2.27. The van der Waals surface area contributed by atoms with Crippen LogP contribution in [-0.2, 0) is 20.1 Å². The number of ether oxygens (including phenoxy) is 2. The predicted molar refractivity (Wildman–Crippen MR) is 137 cm³/mol. The fraction of sp³-hybridized carbons (Fsp3) is 0.250. The van der Waals surface area contributed by atoms with E-state index in [2.05, 4.69) is 25.4 Å². The van der Waals surface area contributed by atoms with Crippen LogP contribution >= 0.6 is 22.9 Å². The molecule has 2 amide bonds. The molecule has 13 heteroatoms. The molecule has 4 aromatic rings. The maximum atomic E-state index is 13.3. The number of aromatic nitrogens is 5. The number of hydrogen-bond donors (Lipinski definition) is 1. The van der Waals surface area contributed by atoms with E-state index in [0.29, 0.717) is 52.2 Å². The Hall–Kier alpha value is -4.03. The highest BCUT2D eigenvalue weighted by Gasteiger charge is 2.30. The number of nitrogens with one attached hydrogen (secondary N) is 1. The monoisotopic (exact) mass is 539 g/mol. The second kappa shape index (κ2) is 9.79. The van der Waals surface area contributed by atoms with E-state index < -0.39 is 0 Å². The number of rotatable bonds is 6. The Morgan fingerprint density at radius 2 is 1.89 bits per heavy atom. The van der Waals surface area contributed by atoms with E-state index in [1.165, 1.54) is 42.6 Å². The first-order valence-corrected chi connectivity index (χ1v) is 12.3. The van der Waals surface area contributed by atoms with Crippen molar-refractivity contribution in [3.63, 3.8) is 0 Å². The van der Waals surface area contributed by atoms with Gasteiger partial charge in [-0.05, 0) is 19.1 Å². The van der Waals surface area contributed by atoms with E-state index in [9.17, 15) is 9.59 Å². The van der Waals surface area contributed by atoms with Gasteiger partial charge in [0.25, 0.3) is 11.8 Å². The lowest BCUT2D eigenvalue weighted by atomic mass is 10.0. The van der Waals surface area contributed by atoms with Gasteiger partial charge >= 0.3 is 0 Å². The number of aryl methyl sites for hydroxylation is 2. The van der Waals surface area contributed by atoms with Gasteiger partial charge in [0.2, 0.25) is 5.88 Å². The summed E-state index contributed by atoms with van der Waals surface area (Å²) in [7, 11) is 4.72. The minimum absolute atomic E-state index is 0.172. The van der Waals surface area contributed by atoms with Crippen LogP contribution in [0.4, 0.5) is 5.13 Å². The zero-order valence-corrected chi connectivity index (χ0v) is 22.0. The van der Waals surface area contributed by atoms with E-state index in [1.54, 1.807) is 30.1 Å². The average molecular weight is 540 g/mol. The van der Waals surface area contributed by atoms with Crippen molar-refractivity contribution >= 4 is 39.9 Å². The summed E-state index contributed by atoms with van der Waals surface area (Å²) in [5, 5.41) is 7.73. The second-order valence-corrected chi connectivity index (χ2v) is 9.75. The van der Waals surface area contributed by atoms with Crippen molar-refractivity contribution in [3.8, 4) is 22.8 Å². The van der Waals surface area contributed by atoms with Gasteiger partial charge in [0, 0.05) is 36.1 Å². The van der Waals surface area contributed by atoms with E-state index in [4.69, 9.17) is 21.1 Å². The molecule has 37 heavy (non-hydrogen) atoms. The molecule has 1 N–H and O–H groups in total.